The lowest BCUT2D eigenvalue weighted by Gasteiger charge is -2.12. The highest BCUT2D eigenvalue weighted by Crippen LogP contribution is 2.12. The average Bonchev–Trinajstić information content (AvgIpc) is 2.81. The predicted molar refractivity (Wildman–Crippen MR) is 121 cm³/mol. The van der Waals surface area contributed by atoms with E-state index in [1.807, 2.05) is 12.1 Å². The first-order valence-corrected chi connectivity index (χ1v) is 10.0. The van der Waals surface area contributed by atoms with Crippen LogP contribution in [0.4, 0.5) is 5.69 Å². The Bertz CT molecular complexity index is 1350. The van der Waals surface area contributed by atoms with Crippen LogP contribution in [-0.4, -0.2) is 26.3 Å². The molecule has 0 spiro atoms. The monoisotopic (exact) mass is 427 g/mol. The summed E-state index contributed by atoms with van der Waals surface area (Å²) in [6, 6.07) is 17.5. The van der Waals surface area contributed by atoms with Gasteiger partial charge in [0, 0.05) is 30.2 Å². The Morgan fingerprint density at radius 1 is 1.00 bits per heavy atom. The van der Waals surface area contributed by atoms with Crippen molar-refractivity contribution in [2.24, 2.45) is 0 Å². The molecule has 4 aromatic rings. The third-order valence-corrected chi connectivity index (χ3v) is 4.97. The molecule has 4 rings (SSSR count). The second-order valence-corrected chi connectivity index (χ2v) is 7.23. The Morgan fingerprint density at radius 2 is 1.78 bits per heavy atom. The second-order valence-electron chi connectivity index (χ2n) is 7.23. The van der Waals surface area contributed by atoms with E-state index in [4.69, 9.17) is 0 Å². The van der Waals surface area contributed by atoms with Crippen LogP contribution in [0.15, 0.2) is 77.9 Å². The van der Waals surface area contributed by atoms with Gasteiger partial charge in [-0.05, 0) is 48.9 Å². The largest absolute Gasteiger partial charge is 0.350 e. The molecule has 32 heavy (non-hydrogen) atoms. The highest BCUT2D eigenvalue weighted by molar-refractivity contribution is 6.04. The second kappa shape index (κ2) is 9.22. The standard InChI is InChI=1S/C24H21N5O3/c1-16-27-21-8-3-2-7-20(21)24(32)29(16)15-22(30)26-14-17-5-4-6-19(13-17)28-23(31)18-9-11-25-12-10-18/h2-13H,14-15H2,1H3,(H,26,30)(H,28,31). The zero-order chi connectivity index (χ0) is 22.5. The van der Waals surface area contributed by atoms with Crippen LogP contribution in [0.3, 0.4) is 0 Å². The van der Waals surface area contributed by atoms with Crippen molar-refractivity contribution in [3.63, 3.8) is 0 Å². The maximum atomic E-state index is 12.7. The summed E-state index contributed by atoms with van der Waals surface area (Å²) in [7, 11) is 0. The Balaban J connectivity index is 1.41. The summed E-state index contributed by atoms with van der Waals surface area (Å²) in [5.41, 5.74) is 2.29. The van der Waals surface area contributed by atoms with Crippen LogP contribution in [0.25, 0.3) is 10.9 Å². The number of rotatable bonds is 6. The van der Waals surface area contributed by atoms with Crippen molar-refractivity contribution in [2.45, 2.75) is 20.0 Å². The zero-order valence-corrected chi connectivity index (χ0v) is 17.4. The number of nitrogens with zero attached hydrogens (tertiary/aromatic N) is 3. The van der Waals surface area contributed by atoms with Crippen molar-refractivity contribution in [2.75, 3.05) is 5.32 Å². The number of hydrogen-bond acceptors (Lipinski definition) is 5. The quantitative estimate of drug-likeness (QED) is 0.492. The number of hydrogen-bond donors (Lipinski definition) is 2. The van der Waals surface area contributed by atoms with Crippen molar-refractivity contribution in [3.05, 3.63) is 100 Å². The molecule has 8 nitrogen and oxygen atoms in total. The fourth-order valence-corrected chi connectivity index (χ4v) is 3.33. The lowest BCUT2D eigenvalue weighted by molar-refractivity contribution is -0.121. The van der Waals surface area contributed by atoms with Crippen molar-refractivity contribution >= 4 is 28.4 Å². The molecule has 0 bridgehead atoms. The molecule has 0 saturated carbocycles. The minimum Gasteiger partial charge on any atom is -0.350 e. The van der Waals surface area contributed by atoms with E-state index >= 15 is 0 Å². The number of para-hydroxylation sites is 1. The minimum atomic E-state index is -0.307. The molecule has 0 fully saturated rings. The molecule has 0 radical (unpaired) electrons. The summed E-state index contributed by atoms with van der Waals surface area (Å²) >= 11 is 0. The Morgan fingerprint density at radius 3 is 2.59 bits per heavy atom. The van der Waals surface area contributed by atoms with Gasteiger partial charge in [0.05, 0.1) is 10.9 Å². The first-order valence-electron chi connectivity index (χ1n) is 10.0. The molecule has 2 aromatic carbocycles. The molecule has 0 saturated heterocycles. The van der Waals surface area contributed by atoms with Gasteiger partial charge in [-0.15, -0.1) is 0 Å². The van der Waals surface area contributed by atoms with Crippen LogP contribution in [0.1, 0.15) is 21.7 Å². The summed E-state index contributed by atoms with van der Waals surface area (Å²) in [4.78, 5) is 45.8. The van der Waals surface area contributed by atoms with Crippen molar-refractivity contribution in [3.8, 4) is 0 Å². The van der Waals surface area contributed by atoms with E-state index in [1.54, 1.807) is 67.8 Å². The van der Waals surface area contributed by atoms with Gasteiger partial charge in [0.25, 0.3) is 11.5 Å². The number of carbonyl (C=O) groups is 2. The molecule has 0 aliphatic carbocycles. The van der Waals surface area contributed by atoms with Gasteiger partial charge in [0.2, 0.25) is 5.91 Å². The van der Waals surface area contributed by atoms with E-state index < -0.39 is 0 Å². The fraction of sp³-hybridized carbons (Fsp3) is 0.125. The van der Waals surface area contributed by atoms with E-state index in [0.29, 0.717) is 28.0 Å². The molecule has 0 atom stereocenters. The van der Waals surface area contributed by atoms with Crippen LogP contribution < -0.4 is 16.2 Å². The number of aromatic nitrogens is 3. The molecule has 0 unspecified atom stereocenters. The van der Waals surface area contributed by atoms with E-state index in [-0.39, 0.29) is 30.5 Å². The first-order chi connectivity index (χ1) is 15.5. The van der Waals surface area contributed by atoms with Gasteiger partial charge in [0.15, 0.2) is 0 Å². The molecule has 2 heterocycles. The number of pyridine rings is 1. The smallest absolute Gasteiger partial charge is 0.261 e. The molecular formula is C24H21N5O3. The molecule has 2 N–H and O–H groups in total. The number of aryl methyl sites for hydroxylation is 1. The van der Waals surface area contributed by atoms with Crippen LogP contribution in [-0.2, 0) is 17.9 Å². The van der Waals surface area contributed by atoms with Crippen LogP contribution in [0.5, 0.6) is 0 Å². The third kappa shape index (κ3) is 4.70. The minimum absolute atomic E-state index is 0.124. The third-order valence-electron chi connectivity index (χ3n) is 4.97. The number of anilines is 1. The topological polar surface area (TPSA) is 106 Å². The molecule has 0 aliphatic heterocycles. The summed E-state index contributed by atoms with van der Waals surface area (Å²) in [5, 5.41) is 6.12. The maximum absolute atomic E-state index is 12.7. The summed E-state index contributed by atoms with van der Waals surface area (Å²) in [6.45, 7) is 1.84. The summed E-state index contributed by atoms with van der Waals surface area (Å²) in [5.74, 6) is -0.0737. The highest BCUT2D eigenvalue weighted by Gasteiger charge is 2.12. The first kappa shape index (κ1) is 20.9. The molecule has 0 aliphatic rings. The van der Waals surface area contributed by atoms with Crippen molar-refractivity contribution in [1.82, 2.24) is 19.9 Å². The Hall–Kier alpha value is -4.33. The molecule has 2 amide bonds. The van der Waals surface area contributed by atoms with E-state index in [2.05, 4.69) is 20.6 Å². The van der Waals surface area contributed by atoms with E-state index in [1.165, 1.54) is 4.57 Å². The predicted octanol–water partition coefficient (Wildman–Crippen LogP) is 2.67. The number of carbonyl (C=O) groups excluding carboxylic acids is 2. The van der Waals surface area contributed by atoms with Gasteiger partial charge in [-0.1, -0.05) is 24.3 Å². The van der Waals surface area contributed by atoms with E-state index in [0.717, 1.165) is 5.56 Å². The van der Waals surface area contributed by atoms with Crippen molar-refractivity contribution < 1.29 is 9.59 Å². The number of nitrogens with one attached hydrogen (secondary N) is 2. The Labute approximate surface area is 184 Å². The lowest BCUT2D eigenvalue weighted by atomic mass is 10.2. The molecular weight excluding hydrogens is 406 g/mol. The number of amides is 2. The van der Waals surface area contributed by atoms with Gasteiger partial charge < -0.3 is 10.6 Å². The Kier molecular flexibility index (Phi) is 6.03. The molecule has 8 heteroatoms. The van der Waals surface area contributed by atoms with Gasteiger partial charge >= 0.3 is 0 Å². The van der Waals surface area contributed by atoms with Gasteiger partial charge in [-0.25, -0.2) is 4.98 Å². The zero-order valence-electron chi connectivity index (χ0n) is 17.4. The normalized spacial score (nSPS) is 10.7. The van der Waals surface area contributed by atoms with Gasteiger partial charge in [-0.2, -0.15) is 0 Å². The summed E-state index contributed by atoms with van der Waals surface area (Å²) in [6.07, 6.45) is 3.11. The van der Waals surface area contributed by atoms with Crippen LogP contribution >= 0.6 is 0 Å². The number of benzene rings is 2. The summed E-state index contributed by atoms with van der Waals surface area (Å²) < 4.78 is 1.36. The van der Waals surface area contributed by atoms with Crippen molar-refractivity contribution in [1.29, 1.82) is 0 Å². The van der Waals surface area contributed by atoms with Crippen LogP contribution in [0.2, 0.25) is 0 Å². The lowest BCUT2D eigenvalue weighted by Crippen LogP contribution is -2.33. The van der Waals surface area contributed by atoms with Gasteiger partial charge in [0.1, 0.15) is 12.4 Å². The molecule has 2 aromatic heterocycles. The van der Waals surface area contributed by atoms with E-state index in [9.17, 15) is 14.4 Å². The fourth-order valence-electron chi connectivity index (χ4n) is 3.33. The SMILES string of the molecule is Cc1nc2ccccc2c(=O)n1CC(=O)NCc1cccc(NC(=O)c2ccncc2)c1. The molecule has 160 valence electrons. The van der Waals surface area contributed by atoms with Crippen LogP contribution in [0, 0.1) is 6.92 Å². The maximum Gasteiger partial charge on any atom is 0.261 e. The average molecular weight is 427 g/mol. The van der Waals surface area contributed by atoms with Gasteiger partial charge in [-0.3, -0.25) is 23.9 Å². The number of fused-ring (bicyclic) bond motifs is 1. The highest BCUT2D eigenvalue weighted by atomic mass is 16.2.